The largest absolute Gasteiger partial charge is 0.487 e. The Kier molecular flexibility index (Phi) is 6.92. The zero-order chi connectivity index (χ0) is 24.3. The second kappa shape index (κ2) is 9.89. The lowest BCUT2D eigenvalue weighted by Gasteiger charge is -2.22. The topological polar surface area (TPSA) is 64.8 Å². The van der Waals surface area contributed by atoms with Crippen molar-refractivity contribution < 1.29 is 31.9 Å². The first-order valence-electron chi connectivity index (χ1n) is 10.9. The van der Waals surface area contributed by atoms with E-state index in [1.807, 2.05) is 24.3 Å². The molecule has 34 heavy (non-hydrogen) atoms. The summed E-state index contributed by atoms with van der Waals surface area (Å²) < 4.78 is 54.8. The summed E-state index contributed by atoms with van der Waals surface area (Å²) in [6.07, 6.45) is -2.66. The molecule has 0 amide bonds. The van der Waals surface area contributed by atoms with Crippen LogP contribution in [0.1, 0.15) is 35.4 Å². The first kappa shape index (κ1) is 23.8. The molecule has 0 radical (unpaired) electrons. The molecule has 0 aliphatic carbocycles. The Morgan fingerprint density at radius 3 is 2.68 bits per heavy atom. The number of nitrogens with zero attached hydrogens (tertiary/aromatic N) is 2. The fourth-order valence-electron chi connectivity index (χ4n) is 4.03. The Bertz CT molecular complexity index is 1140. The smallest absolute Gasteiger partial charge is 0.416 e. The normalized spacial score (nSPS) is 16.6. The van der Waals surface area contributed by atoms with E-state index in [2.05, 4.69) is 9.88 Å². The molecular formula is C25H25F3N2O4. The number of carbonyl (C=O) groups is 1. The van der Waals surface area contributed by atoms with Crippen LogP contribution in [-0.2, 0) is 28.9 Å². The summed E-state index contributed by atoms with van der Waals surface area (Å²) in [6.45, 7) is 3.32. The zero-order valence-electron chi connectivity index (χ0n) is 18.9. The van der Waals surface area contributed by atoms with E-state index < -0.39 is 11.7 Å². The molecule has 4 rings (SSSR count). The van der Waals surface area contributed by atoms with Gasteiger partial charge in [0.25, 0.3) is 0 Å². The molecule has 0 N–H and O–H groups in total. The lowest BCUT2D eigenvalue weighted by Crippen LogP contribution is -2.36. The Balaban J connectivity index is 1.40. The number of alkyl halides is 3. The Morgan fingerprint density at radius 2 is 1.97 bits per heavy atom. The standard InChI is InChI=1S/C25H25F3N2O4/c1-16-21(29-23(34-16)18-8-10-19(11-9-18)25(26,27)28)15-33-20-6-3-5-17(13-20)14-30-12-4-7-22(30)24(31)32-2/h3,5-6,8-11,13,22H,4,7,12,14-15H2,1-2H3/t22-/m0/s1. The maximum absolute atomic E-state index is 12.8. The average Bonchev–Trinajstić information content (AvgIpc) is 3.43. The van der Waals surface area contributed by atoms with Crippen molar-refractivity contribution in [3.05, 3.63) is 71.1 Å². The second-order valence-corrected chi connectivity index (χ2v) is 8.18. The number of rotatable bonds is 7. The predicted molar refractivity (Wildman–Crippen MR) is 118 cm³/mol. The van der Waals surface area contributed by atoms with Gasteiger partial charge in [0.05, 0.1) is 12.7 Å². The van der Waals surface area contributed by atoms with E-state index in [0.29, 0.717) is 29.3 Å². The summed E-state index contributed by atoms with van der Waals surface area (Å²) in [7, 11) is 1.40. The summed E-state index contributed by atoms with van der Waals surface area (Å²) in [4.78, 5) is 18.5. The summed E-state index contributed by atoms with van der Waals surface area (Å²) >= 11 is 0. The van der Waals surface area contributed by atoms with Crippen LogP contribution in [0.5, 0.6) is 5.75 Å². The van der Waals surface area contributed by atoms with Crippen LogP contribution in [0.15, 0.2) is 52.9 Å². The van der Waals surface area contributed by atoms with Gasteiger partial charge in [0, 0.05) is 12.1 Å². The molecule has 9 heteroatoms. The van der Waals surface area contributed by atoms with Gasteiger partial charge in [-0.3, -0.25) is 9.69 Å². The number of likely N-dealkylation sites (tertiary alicyclic amines) is 1. The fraction of sp³-hybridized carbons (Fsp3) is 0.360. The number of methoxy groups -OCH3 is 1. The molecule has 6 nitrogen and oxygen atoms in total. The summed E-state index contributed by atoms with van der Waals surface area (Å²) in [5, 5.41) is 0. The van der Waals surface area contributed by atoms with Crippen molar-refractivity contribution in [3.63, 3.8) is 0 Å². The lowest BCUT2D eigenvalue weighted by atomic mass is 10.1. The molecule has 0 saturated carbocycles. The third-order valence-electron chi connectivity index (χ3n) is 5.85. The molecule has 0 bridgehead atoms. The molecule has 0 spiro atoms. The van der Waals surface area contributed by atoms with E-state index >= 15 is 0 Å². The van der Waals surface area contributed by atoms with Crippen LogP contribution in [0.2, 0.25) is 0 Å². The van der Waals surface area contributed by atoms with Crippen LogP contribution >= 0.6 is 0 Å². The van der Waals surface area contributed by atoms with Gasteiger partial charge >= 0.3 is 12.1 Å². The fourth-order valence-corrected chi connectivity index (χ4v) is 4.03. The quantitative estimate of drug-likeness (QED) is 0.428. The number of ether oxygens (including phenoxy) is 2. The minimum Gasteiger partial charge on any atom is -0.487 e. The van der Waals surface area contributed by atoms with Crippen LogP contribution in [0, 0.1) is 6.92 Å². The summed E-state index contributed by atoms with van der Waals surface area (Å²) in [5.41, 5.74) is 1.30. The van der Waals surface area contributed by atoms with E-state index in [0.717, 1.165) is 37.1 Å². The third-order valence-corrected chi connectivity index (χ3v) is 5.85. The molecule has 2 aromatic carbocycles. The molecule has 0 unspecified atom stereocenters. The van der Waals surface area contributed by atoms with Crippen molar-refractivity contribution in [2.24, 2.45) is 0 Å². The SMILES string of the molecule is COC(=O)[C@@H]1CCCN1Cc1cccc(OCc2nc(-c3ccc(C(F)(F)F)cc3)oc2C)c1. The average molecular weight is 474 g/mol. The highest BCUT2D eigenvalue weighted by Crippen LogP contribution is 2.31. The minimum atomic E-state index is -4.40. The van der Waals surface area contributed by atoms with E-state index in [1.54, 1.807) is 6.92 Å². The van der Waals surface area contributed by atoms with Crippen molar-refractivity contribution >= 4 is 5.97 Å². The van der Waals surface area contributed by atoms with E-state index in [4.69, 9.17) is 13.9 Å². The molecular weight excluding hydrogens is 449 g/mol. The third kappa shape index (κ3) is 5.41. The lowest BCUT2D eigenvalue weighted by molar-refractivity contribution is -0.146. The number of hydrogen-bond acceptors (Lipinski definition) is 6. The highest BCUT2D eigenvalue weighted by Gasteiger charge is 2.31. The van der Waals surface area contributed by atoms with Gasteiger partial charge in [-0.2, -0.15) is 13.2 Å². The van der Waals surface area contributed by atoms with Crippen LogP contribution in [0.3, 0.4) is 0 Å². The number of carbonyl (C=O) groups excluding carboxylic acids is 1. The molecule has 1 aromatic heterocycles. The number of benzene rings is 2. The Morgan fingerprint density at radius 1 is 1.21 bits per heavy atom. The summed E-state index contributed by atoms with van der Waals surface area (Å²) in [6, 6.07) is 12.1. The molecule has 1 aliphatic heterocycles. The van der Waals surface area contributed by atoms with Crippen molar-refractivity contribution in [1.82, 2.24) is 9.88 Å². The van der Waals surface area contributed by atoms with Gasteiger partial charge in [-0.15, -0.1) is 0 Å². The van der Waals surface area contributed by atoms with Crippen LogP contribution < -0.4 is 4.74 Å². The number of oxazole rings is 1. The highest BCUT2D eigenvalue weighted by molar-refractivity contribution is 5.76. The van der Waals surface area contributed by atoms with E-state index in [9.17, 15) is 18.0 Å². The maximum atomic E-state index is 12.8. The van der Waals surface area contributed by atoms with Gasteiger partial charge in [-0.05, 0) is 68.3 Å². The van der Waals surface area contributed by atoms with E-state index in [-0.39, 0.29) is 24.5 Å². The number of aryl methyl sites for hydroxylation is 1. The highest BCUT2D eigenvalue weighted by atomic mass is 19.4. The molecule has 2 heterocycles. The first-order chi connectivity index (χ1) is 16.2. The molecule has 1 saturated heterocycles. The van der Waals surface area contributed by atoms with Crippen molar-refractivity contribution in [1.29, 1.82) is 0 Å². The monoisotopic (exact) mass is 474 g/mol. The minimum absolute atomic E-state index is 0.147. The molecule has 180 valence electrons. The van der Waals surface area contributed by atoms with E-state index in [1.165, 1.54) is 19.2 Å². The first-order valence-corrected chi connectivity index (χ1v) is 10.9. The van der Waals surface area contributed by atoms with Gasteiger partial charge in [0.2, 0.25) is 5.89 Å². The molecule has 1 atom stereocenters. The molecule has 1 fully saturated rings. The van der Waals surface area contributed by atoms with Crippen molar-refractivity contribution in [3.8, 4) is 17.2 Å². The number of halogens is 3. The van der Waals surface area contributed by atoms with Gasteiger partial charge in [0.1, 0.15) is 29.9 Å². The number of esters is 1. The van der Waals surface area contributed by atoms with Crippen LogP contribution in [0.25, 0.3) is 11.5 Å². The maximum Gasteiger partial charge on any atom is 0.416 e. The van der Waals surface area contributed by atoms with Crippen LogP contribution in [0.4, 0.5) is 13.2 Å². The molecule has 1 aliphatic rings. The Hall–Kier alpha value is -3.33. The van der Waals surface area contributed by atoms with Gasteiger partial charge in [0.15, 0.2) is 0 Å². The predicted octanol–water partition coefficient (Wildman–Crippen LogP) is 5.39. The Labute approximate surface area is 195 Å². The van der Waals surface area contributed by atoms with Crippen molar-refractivity contribution in [2.45, 2.75) is 45.1 Å². The second-order valence-electron chi connectivity index (χ2n) is 8.18. The number of hydrogen-bond donors (Lipinski definition) is 0. The zero-order valence-corrected chi connectivity index (χ0v) is 18.9. The van der Waals surface area contributed by atoms with Gasteiger partial charge in [-0.25, -0.2) is 4.98 Å². The van der Waals surface area contributed by atoms with Crippen LogP contribution in [-0.4, -0.2) is 35.5 Å². The van der Waals surface area contributed by atoms with Crippen molar-refractivity contribution in [2.75, 3.05) is 13.7 Å². The number of aromatic nitrogens is 1. The summed E-state index contributed by atoms with van der Waals surface area (Å²) in [5.74, 6) is 1.20. The molecule has 3 aromatic rings. The van der Waals surface area contributed by atoms with Gasteiger partial charge < -0.3 is 13.9 Å². The van der Waals surface area contributed by atoms with Gasteiger partial charge in [-0.1, -0.05) is 12.1 Å².